The van der Waals surface area contributed by atoms with Crippen molar-refractivity contribution in [2.24, 2.45) is 0 Å². The van der Waals surface area contributed by atoms with Crippen LogP contribution in [0.3, 0.4) is 0 Å². The molecule has 0 fully saturated rings. The third kappa shape index (κ3) is 3.54. The van der Waals surface area contributed by atoms with Gasteiger partial charge in [-0.15, -0.1) is 11.3 Å². The van der Waals surface area contributed by atoms with Crippen molar-refractivity contribution in [3.05, 3.63) is 141 Å². The van der Waals surface area contributed by atoms with E-state index in [0.717, 1.165) is 6.42 Å². The molecule has 1 N–H and O–H groups in total. The van der Waals surface area contributed by atoms with Crippen molar-refractivity contribution in [1.82, 2.24) is 5.32 Å². The third-order valence-electron chi connectivity index (χ3n) is 7.25. The lowest BCUT2D eigenvalue weighted by Gasteiger charge is -2.24. The molecule has 2 heterocycles. The topological polar surface area (TPSA) is 12.0 Å². The minimum atomic E-state index is 0.110. The lowest BCUT2D eigenvalue weighted by molar-refractivity contribution is 0.761. The Morgan fingerprint density at radius 2 is 1.36 bits per heavy atom. The predicted molar refractivity (Wildman–Crippen MR) is 156 cm³/mol. The first-order chi connectivity index (χ1) is 17.9. The molecule has 36 heavy (non-hydrogen) atoms. The second-order valence-electron chi connectivity index (χ2n) is 9.33. The summed E-state index contributed by atoms with van der Waals surface area (Å²) < 4.78 is 0. The highest BCUT2D eigenvalue weighted by atomic mass is 32.1. The summed E-state index contributed by atoms with van der Waals surface area (Å²) in [6.07, 6.45) is 14.7. The third-order valence-corrected chi connectivity index (χ3v) is 8.17. The van der Waals surface area contributed by atoms with Crippen molar-refractivity contribution < 1.29 is 0 Å². The Bertz CT molecular complexity index is 1780. The van der Waals surface area contributed by atoms with Gasteiger partial charge in [0.1, 0.15) is 0 Å². The van der Waals surface area contributed by atoms with E-state index < -0.39 is 0 Å². The lowest BCUT2D eigenvalue weighted by Crippen LogP contribution is -2.22. The summed E-state index contributed by atoms with van der Waals surface area (Å²) in [5.74, 6) is 0. The maximum atomic E-state index is 3.71. The van der Waals surface area contributed by atoms with Crippen molar-refractivity contribution in [2.75, 3.05) is 0 Å². The van der Waals surface area contributed by atoms with Gasteiger partial charge >= 0.3 is 0 Å². The largest absolute Gasteiger partial charge is 0.380 e. The van der Waals surface area contributed by atoms with Gasteiger partial charge in [0.05, 0.1) is 6.04 Å². The van der Waals surface area contributed by atoms with Crippen LogP contribution >= 0.6 is 11.3 Å². The van der Waals surface area contributed by atoms with Crippen LogP contribution in [-0.2, 0) is 0 Å². The highest BCUT2D eigenvalue weighted by Crippen LogP contribution is 2.41. The van der Waals surface area contributed by atoms with Crippen molar-refractivity contribution in [2.45, 2.75) is 12.5 Å². The number of allylic oxidation sites excluding steroid dienone is 4. The van der Waals surface area contributed by atoms with Gasteiger partial charge in [-0.3, -0.25) is 0 Å². The monoisotopic (exact) mass is 479 g/mol. The fourth-order valence-corrected chi connectivity index (χ4v) is 6.33. The zero-order chi connectivity index (χ0) is 23.9. The Hall–Kier alpha value is -4.14. The SMILES string of the molecule is C1=CC(c2c3ccccc3c(C3=CCC=c4ccccc4=C3)c3ccccc23)NC=C1c1cccs1. The quantitative estimate of drug-likeness (QED) is 0.267. The molecular weight excluding hydrogens is 454 g/mol. The molecule has 0 bridgehead atoms. The minimum absolute atomic E-state index is 0.110. The maximum Gasteiger partial charge on any atom is 0.0708 e. The van der Waals surface area contributed by atoms with Gasteiger partial charge in [0.25, 0.3) is 0 Å². The summed E-state index contributed by atoms with van der Waals surface area (Å²) in [6, 6.07) is 30.9. The van der Waals surface area contributed by atoms with Crippen molar-refractivity contribution >= 4 is 56.2 Å². The van der Waals surface area contributed by atoms with Gasteiger partial charge in [0.2, 0.25) is 0 Å². The molecule has 1 aliphatic carbocycles. The number of benzene rings is 4. The normalized spacial score (nSPS) is 16.8. The molecule has 1 nitrogen and oxygen atoms in total. The molecule has 0 saturated carbocycles. The minimum Gasteiger partial charge on any atom is -0.380 e. The number of dihydropyridines is 1. The molecule has 7 rings (SSSR count). The van der Waals surface area contributed by atoms with Gasteiger partial charge < -0.3 is 5.32 Å². The van der Waals surface area contributed by atoms with Gasteiger partial charge in [-0.1, -0.05) is 103 Å². The standard InChI is InChI=1S/C34H25NS/c1-2-10-24-21-25(12-7-11-23(24)9-1)33-27-13-3-5-15-29(27)34(30-16-6-4-14-28(30)33)31-19-18-26(22-35-31)32-17-8-20-36-32/h1-6,8-22,31,35H,7H2. The predicted octanol–water partition coefficient (Wildman–Crippen LogP) is 7.34. The first-order valence-electron chi connectivity index (χ1n) is 12.5. The molecule has 172 valence electrons. The molecule has 0 saturated heterocycles. The zero-order valence-corrected chi connectivity index (χ0v) is 20.6. The number of fused-ring (bicyclic) bond motifs is 3. The van der Waals surface area contributed by atoms with Crippen LogP contribution in [0.5, 0.6) is 0 Å². The number of nitrogens with one attached hydrogen (secondary N) is 1. The summed E-state index contributed by atoms with van der Waals surface area (Å²) in [4.78, 5) is 1.29. The van der Waals surface area contributed by atoms with E-state index in [2.05, 4.69) is 132 Å². The molecule has 0 radical (unpaired) electrons. The number of rotatable bonds is 3. The molecule has 2 aliphatic rings. The summed E-state index contributed by atoms with van der Waals surface area (Å²) >= 11 is 1.77. The first kappa shape index (κ1) is 21.2. The van der Waals surface area contributed by atoms with Gasteiger partial charge in [0, 0.05) is 16.7 Å². The van der Waals surface area contributed by atoms with Crippen LogP contribution in [0.1, 0.15) is 28.5 Å². The zero-order valence-electron chi connectivity index (χ0n) is 19.8. The molecule has 1 aromatic heterocycles. The smallest absolute Gasteiger partial charge is 0.0708 e. The van der Waals surface area contributed by atoms with E-state index in [1.165, 1.54) is 59.1 Å². The van der Waals surface area contributed by atoms with E-state index >= 15 is 0 Å². The van der Waals surface area contributed by atoms with E-state index in [-0.39, 0.29) is 6.04 Å². The first-order valence-corrected chi connectivity index (χ1v) is 13.3. The Labute approximate surface area is 214 Å². The van der Waals surface area contributed by atoms with Crippen LogP contribution in [0, 0.1) is 0 Å². The molecule has 4 aromatic carbocycles. The maximum absolute atomic E-state index is 3.71. The molecular formula is C34H25NS. The summed E-state index contributed by atoms with van der Waals surface area (Å²) in [5, 5.41) is 13.6. The second-order valence-corrected chi connectivity index (χ2v) is 10.3. The van der Waals surface area contributed by atoms with Crippen molar-refractivity contribution in [3.63, 3.8) is 0 Å². The van der Waals surface area contributed by atoms with Gasteiger partial charge in [-0.25, -0.2) is 0 Å². The molecule has 0 amide bonds. The Kier molecular flexibility index (Phi) is 5.18. The van der Waals surface area contributed by atoms with Crippen LogP contribution < -0.4 is 15.8 Å². The molecule has 1 unspecified atom stereocenters. The van der Waals surface area contributed by atoms with E-state index in [1.807, 2.05) is 0 Å². The fraction of sp³-hybridized carbons (Fsp3) is 0.0588. The Morgan fingerprint density at radius 3 is 2.03 bits per heavy atom. The van der Waals surface area contributed by atoms with Crippen LogP contribution in [0.15, 0.2) is 115 Å². The summed E-state index contributed by atoms with van der Waals surface area (Å²) in [7, 11) is 0. The van der Waals surface area contributed by atoms with Crippen LogP contribution in [-0.4, -0.2) is 0 Å². The molecule has 1 aliphatic heterocycles. The average Bonchev–Trinajstić information content (AvgIpc) is 3.39. The van der Waals surface area contributed by atoms with Gasteiger partial charge in [-0.2, -0.15) is 0 Å². The van der Waals surface area contributed by atoms with Gasteiger partial charge in [-0.05, 0) is 72.6 Å². The van der Waals surface area contributed by atoms with Crippen LogP contribution in [0.4, 0.5) is 0 Å². The van der Waals surface area contributed by atoms with E-state index in [9.17, 15) is 0 Å². The lowest BCUT2D eigenvalue weighted by atomic mass is 9.85. The number of thiophene rings is 1. The number of hydrogen-bond acceptors (Lipinski definition) is 2. The van der Waals surface area contributed by atoms with E-state index in [1.54, 1.807) is 11.3 Å². The van der Waals surface area contributed by atoms with Crippen LogP contribution in [0.25, 0.3) is 44.8 Å². The van der Waals surface area contributed by atoms with Gasteiger partial charge in [0.15, 0.2) is 0 Å². The summed E-state index contributed by atoms with van der Waals surface area (Å²) in [5.41, 5.74) is 5.19. The fourth-order valence-electron chi connectivity index (χ4n) is 5.61. The van der Waals surface area contributed by atoms with Crippen molar-refractivity contribution in [3.8, 4) is 0 Å². The molecule has 1 atom stereocenters. The highest BCUT2D eigenvalue weighted by molar-refractivity contribution is 7.11. The Morgan fingerprint density at radius 1 is 0.667 bits per heavy atom. The van der Waals surface area contributed by atoms with E-state index in [4.69, 9.17) is 0 Å². The van der Waals surface area contributed by atoms with Crippen LogP contribution in [0.2, 0.25) is 0 Å². The molecule has 5 aromatic rings. The van der Waals surface area contributed by atoms with Crippen molar-refractivity contribution in [1.29, 1.82) is 0 Å². The summed E-state index contributed by atoms with van der Waals surface area (Å²) in [6.45, 7) is 0. The Balaban J connectivity index is 1.45. The average molecular weight is 480 g/mol. The molecule has 0 spiro atoms. The second kappa shape index (κ2) is 8.82. The molecule has 2 heteroatoms. The highest BCUT2D eigenvalue weighted by Gasteiger charge is 2.21. The van der Waals surface area contributed by atoms with E-state index in [0.29, 0.717) is 0 Å². The number of hydrogen-bond donors (Lipinski definition) is 1.